The van der Waals surface area contributed by atoms with Crippen LogP contribution < -0.4 is 0 Å². The van der Waals surface area contributed by atoms with Crippen molar-refractivity contribution in [3.8, 4) is 6.07 Å². The molecule has 0 spiro atoms. The Morgan fingerprint density at radius 3 is 2.07 bits per heavy atom. The van der Waals surface area contributed by atoms with Crippen LogP contribution in [0, 0.1) is 23.2 Å². The van der Waals surface area contributed by atoms with Crippen molar-refractivity contribution in [2.75, 3.05) is 0 Å². The highest BCUT2D eigenvalue weighted by Gasteiger charge is 2.42. The van der Waals surface area contributed by atoms with Gasteiger partial charge in [-0.05, 0) is 51.4 Å². The molecule has 3 heteroatoms. The molecule has 2 fully saturated rings. The predicted octanol–water partition coefficient (Wildman–Crippen LogP) is 2.93. The molecule has 0 aromatic heterocycles. The third-order valence-electron chi connectivity index (χ3n) is 2.92. The van der Waals surface area contributed by atoms with Gasteiger partial charge in [-0.2, -0.15) is 15.5 Å². The van der Waals surface area contributed by atoms with Crippen LogP contribution in [0.2, 0.25) is 0 Å². The van der Waals surface area contributed by atoms with E-state index < -0.39 is 5.54 Å². The summed E-state index contributed by atoms with van der Waals surface area (Å²) in [5, 5.41) is 17.4. The SMILES string of the molecule is CC(C)(C#N)/N=N/C(C1CC1)C1CC1. The van der Waals surface area contributed by atoms with Crippen LogP contribution in [0.1, 0.15) is 39.5 Å². The van der Waals surface area contributed by atoms with E-state index >= 15 is 0 Å². The van der Waals surface area contributed by atoms with Crippen LogP contribution >= 0.6 is 0 Å². The van der Waals surface area contributed by atoms with E-state index in [9.17, 15) is 0 Å². The van der Waals surface area contributed by atoms with Crippen molar-refractivity contribution in [2.24, 2.45) is 22.1 Å². The quantitative estimate of drug-likeness (QED) is 0.630. The Morgan fingerprint density at radius 1 is 1.21 bits per heavy atom. The summed E-state index contributed by atoms with van der Waals surface area (Å²) in [6.07, 6.45) is 5.25. The minimum atomic E-state index is -0.637. The van der Waals surface area contributed by atoms with Crippen LogP contribution in [0.3, 0.4) is 0 Å². The molecule has 0 unspecified atom stereocenters. The van der Waals surface area contributed by atoms with E-state index in [-0.39, 0.29) is 0 Å². The van der Waals surface area contributed by atoms with Crippen LogP contribution in [0.5, 0.6) is 0 Å². The van der Waals surface area contributed by atoms with E-state index in [2.05, 4.69) is 16.3 Å². The van der Waals surface area contributed by atoms with Crippen molar-refractivity contribution in [2.45, 2.75) is 51.1 Å². The standard InChI is InChI=1S/C11H17N3/c1-11(2,7-12)14-13-10(8-3-4-8)9-5-6-9/h8-10H,3-6H2,1-2H3/b14-13+. The molecule has 0 radical (unpaired) electrons. The molecule has 0 aromatic rings. The van der Waals surface area contributed by atoms with Crippen molar-refractivity contribution in [1.29, 1.82) is 5.26 Å². The molecule has 0 saturated heterocycles. The normalized spacial score (nSPS) is 23.0. The van der Waals surface area contributed by atoms with Gasteiger partial charge >= 0.3 is 0 Å². The fraction of sp³-hybridized carbons (Fsp3) is 0.909. The molecule has 0 aliphatic heterocycles. The second kappa shape index (κ2) is 3.34. The third-order valence-corrected chi connectivity index (χ3v) is 2.92. The Balaban J connectivity index is 1.96. The second-order valence-electron chi connectivity index (χ2n) is 5.05. The Bertz CT molecular complexity index is 267. The zero-order chi connectivity index (χ0) is 10.2. The summed E-state index contributed by atoms with van der Waals surface area (Å²) in [6.45, 7) is 3.63. The van der Waals surface area contributed by atoms with Gasteiger partial charge in [0.1, 0.15) is 0 Å². The van der Waals surface area contributed by atoms with Gasteiger partial charge in [-0.3, -0.25) is 0 Å². The van der Waals surface area contributed by atoms with Gasteiger partial charge in [0.25, 0.3) is 0 Å². The van der Waals surface area contributed by atoms with Gasteiger partial charge < -0.3 is 0 Å². The molecule has 3 nitrogen and oxygen atoms in total. The summed E-state index contributed by atoms with van der Waals surface area (Å²) in [5.41, 5.74) is -0.637. The zero-order valence-corrected chi connectivity index (χ0v) is 8.90. The van der Waals surface area contributed by atoms with Crippen LogP contribution in [-0.2, 0) is 0 Å². The first kappa shape index (κ1) is 9.64. The summed E-state index contributed by atoms with van der Waals surface area (Å²) < 4.78 is 0. The molecule has 0 heterocycles. The molecule has 0 bridgehead atoms. The molecule has 0 aromatic carbocycles. The summed E-state index contributed by atoms with van der Waals surface area (Å²) in [6, 6.07) is 2.59. The van der Waals surface area contributed by atoms with Gasteiger partial charge in [0, 0.05) is 0 Å². The fourth-order valence-electron chi connectivity index (χ4n) is 1.68. The summed E-state index contributed by atoms with van der Waals surface area (Å²) >= 11 is 0. The van der Waals surface area contributed by atoms with Crippen molar-refractivity contribution in [1.82, 2.24) is 0 Å². The number of hydrogen-bond acceptors (Lipinski definition) is 3. The summed E-state index contributed by atoms with van der Waals surface area (Å²) in [4.78, 5) is 0. The van der Waals surface area contributed by atoms with Crippen LogP contribution in [0.25, 0.3) is 0 Å². The molecule has 2 saturated carbocycles. The molecule has 0 atom stereocenters. The van der Waals surface area contributed by atoms with Crippen molar-refractivity contribution in [3.05, 3.63) is 0 Å². The van der Waals surface area contributed by atoms with Gasteiger partial charge in [0.15, 0.2) is 5.54 Å². The Labute approximate surface area is 85.2 Å². The first-order valence-corrected chi connectivity index (χ1v) is 5.46. The predicted molar refractivity (Wildman–Crippen MR) is 53.8 cm³/mol. The van der Waals surface area contributed by atoms with E-state index in [1.165, 1.54) is 25.7 Å². The zero-order valence-electron chi connectivity index (χ0n) is 8.90. The van der Waals surface area contributed by atoms with Gasteiger partial charge in [0.2, 0.25) is 0 Å². The lowest BCUT2D eigenvalue weighted by Crippen LogP contribution is -2.15. The average molecular weight is 191 g/mol. The maximum Gasteiger partial charge on any atom is 0.161 e. The van der Waals surface area contributed by atoms with E-state index in [0.29, 0.717) is 6.04 Å². The smallest absolute Gasteiger partial charge is 0.161 e. The second-order valence-corrected chi connectivity index (χ2v) is 5.05. The molecule has 2 rings (SSSR count). The minimum absolute atomic E-state index is 0.433. The largest absolute Gasteiger partial charge is 0.196 e. The highest BCUT2D eigenvalue weighted by molar-refractivity contribution is 5.01. The first-order chi connectivity index (χ1) is 6.62. The maximum atomic E-state index is 8.81. The first-order valence-electron chi connectivity index (χ1n) is 5.46. The van der Waals surface area contributed by atoms with Crippen LogP contribution in [0.15, 0.2) is 10.2 Å². The molecule has 0 amide bonds. The Morgan fingerprint density at radius 2 is 1.71 bits per heavy atom. The van der Waals surface area contributed by atoms with Crippen molar-refractivity contribution >= 4 is 0 Å². The lowest BCUT2D eigenvalue weighted by atomic mass is 10.1. The minimum Gasteiger partial charge on any atom is -0.196 e. The molecular weight excluding hydrogens is 174 g/mol. The third kappa shape index (κ3) is 2.31. The van der Waals surface area contributed by atoms with Gasteiger partial charge in [-0.15, -0.1) is 0 Å². The number of hydrogen-bond donors (Lipinski definition) is 0. The summed E-state index contributed by atoms with van der Waals surface area (Å²) in [7, 11) is 0. The average Bonchev–Trinajstić information content (AvgIpc) is 2.99. The Kier molecular flexibility index (Phi) is 2.30. The number of rotatable bonds is 4. The number of azo groups is 1. The lowest BCUT2D eigenvalue weighted by molar-refractivity contribution is 0.476. The fourth-order valence-corrected chi connectivity index (χ4v) is 1.68. The van der Waals surface area contributed by atoms with E-state index in [1.54, 1.807) is 0 Å². The number of nitrogens with zero attached hydrogens (tertiary/aromatic N) is 3. The van der Waals surface area contributed by atoms with Crippen molar-refractivity contribution in [3.63, 3.8) is 0 Å². The van der Waals surface area contributed by atoms with E-state index in [4.69, 9.17) is 5.26 Å². The van der Waals surface area contributed by atoms with Gasteiger partial charge in [-0.25, -0.2) is 0 Å². The maximum absolute atomic E-state index is 8.81. The van der Waals surface area contributed by atoms with Crippen LogP contribution in [-0.4, -0.2) is 11.6 Å². The van der Waals surface area contributed by atoms with Crippen LogP contribution in [0.4, 0.5) is 0 Å². The summed E-state index contributed by atoms with van der Waals surface area (Å²) in [5.74, 6) is 1.56. The van der Waals surface area contributed by atoms with E-state index in [1.807, 2.05) is 13.8 Å². The molecular formula is C11H17N3. The topological polar surface area (TPSA) is 48.5 Å². The monoisotopic (exact) mass is 191 g/mol. The molecule has 0 N–H and O–H groups in total. The lowest BCUT2D eigenvalue weighted by Gasteiger charge is -2.11. The van der Waals surface area contributed by atoms with Gasteiger partial charge in [-0.1, -0.05) is 0 Å². The molecule has 14 heavy (non-hydrogen) atoms. The van der Waals surface area contributed by atoms with Gasteiger partial charge in [0.05, 0.1) is 12.1 Å². The highest BCUT2D eigenvalue weighted by Crippen LogP contribution is 2.46. The van der Waals surface area contributed by atoms with E-state index in [0.717, 1.165) is 11.8 Å². The number of nitriles is 1. The molecule has 2 aliphatic rings. The molecule has 2 aliphatic carbocycles. The van der Waals surface area contributed by atoms with Crippen molar-refractivity contribution < 1.29 is 0 Å². The highest BCUT2D eigenvalue weighted by atomic mass is 15.2. The molecule has 76 valence electrons. The Hall–Kier alpha value is -0.910.